The van der Waals surface area contributed by atoms with Crippen molar-refractivity contribution in [2.45, 2.75) is 38.8 Å². The number of piperazine rings is 1. The summed E-state index contributed by atoms with van der Waals surface area (Å²) in [6, 6.07) is 9.13. The van der Waals surface area contributed by atoms with Gasteiger partial charge in [0.15, 0.2) is 0 Å². The molecular weight excluding hydrogens is 328 g/mol. The van der Waals surface area contributed by atoms with Gasteiger partial charge in [0.1, 0.15) is 0 Å². The molecule has 0 spiro atoms. The van der Waals surface area contributed by atoms with Gasteiger partial charge in [-0.2, -0.15) is 0 Å². The second-order valence-electron chi connectivity index (χ2n) is 7.61. The molecule has 2 aliphatic rings. The van der Waals surface area contributed by atoms with E-state index in [1.165, 1.54) is 11.3 Å². The predicted molar refractivity (Wildman–Crippen MR) is 105 cm³/mol. The highest BCUT2D eigenvalue weighted by Gasteiger charge is 2.29. The molecule has 2 aliphatic heterocycles. The Labute approximate surface area is 156 Å². The van der Waals surface area contributed by atoms with E-state index in [4.69, 9.17) is 5.11 Å². The van der Waals surface area contributed by atoms with E-state index in [-0.39, 0.29) is 24.7 Å². The monoisotopic (exact) mass is 360 g/mol. The Morgan fingerprint density at radius 1 is 1.15 bits per heavy atom. The van der Waals surface area contributed by atoms with Crippen LogP contribution >= 0.6 is 0 Å². The summed E-state index contributed by atoms with van der Waals surface area (Å²) in [6.45, 7) is 9.56. The number of benzene rings is 1. The molecule has 0 aliphatic carbocycles. The summed E-state index contributed by atoms with van der Waals surface area (Å²) in [7, 11) is 0. The van der Waals surface area contributed by atoms with E-state index in [0.717, 1.165) is 52.1 Å². The zero-order valence-electron chi connectivity index (χ0n) is 16.0. The lowest BCUT2D eigenvalue weighted by atomic mass is 10.1. The number of carbonyl (C=O) groups is 1. The lowest BCUT2D eigenvalue weighted by Gasteiger charge is -2.42. The molecule has 0 bridgehead atoms. The van der Waals surface area contributed by atoms with Gasteiger partial charge in [-0.25, -0.2) is 4.79 Å². The van der Waals surface area contributed by atoms with Gasteiger partial charge in [0.2, 0.25) is 0 Å². The zero-order chi connectivity index (χ0) is 18.5. The molecule has 6 heteroatoms. The number of rotatable bonds is 4. The van der Waals surface area contributed by atoms with Crippen LogP contribution < -0.4 is 10.2 Å². The van der Waals surface area contributed by atoms with Gasteiger partial charge in [-0.3, -0.25) is 0 Å². The van der Waals surface area contributed by atoms with Gasteiger partial charge in [0.25, 0.3) is 0 Å². The van der Waals surface area contributed by atoms with Gasteiger partial charge in [0, 0.05) is 57.0 Å². The number of anilines is 1. The third kappa shape index (κ3) is 4.68. The Hall–Kier alpha value is -1.79. The van der Waals surface area contributed by atoms with Crippen molar-refractivity contribution in [2.75, 3.05) is 50.8 Å². The molecule has 2 N–H and O–H groups in total. The topological polar surface area (TPSA) is 59.0 Å². The molecule has 6 nitrogen and oxygen atoms in total. The maximum absolute atomic E-state index is 12.7. The van der Waals surface area contributed by atoms with Gasteiger partial charge >= 0.3 is 6.03 Å². The third-order valence-corrected chi connectivity index (χ3v) is 5.62. The largest absolute Gasteiger partial charge is 0.395 e. The van der Waals surface area contributed by atoms with Crippen LogP contribution in [0.3, 0.4) is 0 Å². The average molecular weight is 361 g/mol. The summed E-state index contributed by atoms with van der Waals surface area (Å²) in [5, 5.41) is 12.2. The number of aliphatic hydroxyl groups excluding tert-OH is 1. The van der Waals surface area contributed by atoms with Crippen LogP contribution in [0.2, 0.25) is 0 Å². The van der Waals surface area contributed by atoms with E-state index in [1.807, 2.05) is 4.90 Å². The van der Waals surface area contributed by atoms with Crippen molar-refractivity contribution in [2.24, 2.45) is 0 Å². The van der Waals surface area contributed by atoms with Crippen molar-refractivity contribution in [3.05, 3.63) is 29.8 Å². The molecule has 1 aromatic rings. The number of likely N-dealkylation sites (tertiary alicyclic amines) is 1. The second kappa shape index (κ2) is 8.73. The minimum absolute atomic E-state index is 0.0710. The number of aryl methyl sites for hydroxylation is 1. The molecule has 1 aromatic carbocycles. The van der Waals surface area contributed by atoms with Crippen molar-refractivity contribution in [3.63, 3.8) is 0 Å². The molecule has 26 heavy (non-hydrogen) atoms. The minimum atomic E-state index is 0.0710. The van der Waals surface area contributed by atoms with Crippen LogP contribution in [-0.4, -0.2) is 78.9 Å². The Balaban J connectivity index is 1.48. The molecule has 2 heterocycles. The minimum Gasteiger partial charge on any atom is -0.395 e. The smallest absolute Gasteiger partial charge is 0.317 e. The first kappa shape index (κ1) is 19.0. The van der Waals surface area contributed by atoms with Crippen LogP contribution in [0.4, 0.5) is 10.5 Å². The predicted octanol–water partition coefficient (Wildman–Crippen LogP) is 1.67. The number of hydrogen-bond donors (Lipinski definition) is 2. The van der Waals surface area contributed by atoms with E-state index in [9.17, 15) is 4.79 Å². The standard InChI is InChI=1S/C20H32N4O2/c1-16-3-5-19(6-4-16)23-11-12-24(17(2)15-23)20(26)21-18-7-9-22(10-8-18)13-14-25/h3-6,17-18,25H,7-15H2,1-2H3,(H,21,26). The molecule has 0 saturated carbocycles. The van der Waals surface area contributed by atoms with E-state index < -0.39 is 0 Å². The first-order chi connectivity index (χ1) is 12.6. The number of amides is 2. The highest BCUT2D eigenvalue weighted by atomic mass is 16.3. The zero-order valence-corrected chi connectivity index (χ0v) is 16.0. The van der Waals surface area contributed by atoms with Crippen LogP contribution in [0.25, 0.3) is 0 Å². The fourth-order valence-electron chi connectivity index (χ4n) is 3.95. The summed E-state index contributed by atoms with van der Waals surface area (Å²) < 4.78 is 0. The maximum Gasteiger partial charge on any atom is 0.317 e. The van der Waals surface area contributed by atoms with Gasteiger partial charge in [-0.15, -0.1) is 0 Å². The number of piperidine rings is 1. The first-order valence-electron chi connectivity index (χ1n) is 9.79. The summed E-state index contributed by atoms with van der Waals surface area (Å²) in [5.41, 5.74) is 2.50. The number of nitrogens with zero attached hydrogens (tertiary/aromatic N) is 3. The normalized spacial score (nSPS) is 22.5. The SMILES string of the molecule is Cc1ccc(N2CCN(C(=O)NC3CCN(CCO)CC3)C(C)C2)cc1. The Kier molecular flexibility index (Phi) is 6.38. The molecule has 2 saturated heterocycles. The highest BCUT2D eigenvalue weighted by Crippen LogP contribution is 2.20. The number of carbonyl (C=O) groups excluding carboxylic acids is 1. The van der Waals surface area contributed by atoms with E-state index in [1.54, 1.807) is 0 Å². The van der Waals surface area contributed by atoms with Crippen LogP contribution in [-0.2, 0) is 0 Å². The van der Waals surface area contributed by atoms with Crippen molar-refractivity contribution in [3.8, 4) is 0 Å². The van der Waals surface area contributed by atoms with Crippen molar-refractivity contribution in [1.82, 2.24) is 15.1 Å². The molecule has 2 amide bonds. The molecular formula is C20H32N4O2. The molecule has 2 fully saturated rings. The van der Waals surface area contributed by atoms with Gasteiger partial charge in [0.05, 0.1) is 6.61 Å². The fraction of sp³-hybridized carbons (Fsp3) is 0.650. The van der Waals surface area contributed by atoms with Crippen LogP contribution in [0, 0.1) is 6.92 Å². The summed E-state index contributed by atoms with van der Waals surface area (Å²) in [5.74, 6) is 0. The van der Waals surface area contributed by atoms with Crippen molar-refractivity contribution < 1.29 is 9.90 Å². The lowest BCUT2D eigenvalue weighted by Crippen LogP contribution is -2.58. The van der Waals surface area contributed by atoms with Gasteiger partial charge in [-0.1, -0.05) is 17.7 Å². The number of aliphatic hydroxyl groups is 1. The molecule has 144 valence electrons. The summed E-state index contributed by atoms with van der Waals surface area (Å²) >= 11 is 0. The third-order valence-electron chi connectivity index (χ3n) is 5.62. The molecule has 0 radical (unpaired) electrons. The number of hydrogen-bond acceptors (Lipinski definition) is 4. The highest BCUT2D eigenvalue weighted by molar-refractivity contribution is 5.75. The maximum atomic E-state index is 12.7. The lowest BCUT2D eigenvalue weighted by molar-refractivity contribution is 0.142. The van der Waals surface area contributed by atoms with E-state index in [0.29, 0.717) is 0 Å². The first-order valence-corrected chi connectivity index (χ1v) is 9.79. The molecule has 3 rings (SSSR count). The van der Waals surface area contributed by atoms with Crippen molar-refractivity contribution in [1.29, 1.82) is 0 Å². The van der Waals surface area contributed by atoms with Crippen LogP contribution in [0.5, 0.6) is 0 Å². The quantitative estimate of drug-likeness (QED) is 0.858. The van der Waals surface area contributed by atoms with Gasteiger partial charge in [-0.05, 0) is 38.8 Å². The van der Waals surface area contributed by atoms with E-state index in [2.05, 4.69) is 53.2 Å². The Morgan fingerprint density at radius 2 is 1.85 bits per heavy atom. The second-order valence-corrected chi connectivity index (χ2v) is 7.61. The van der Waals surface area contributed by atoms with Crippen molar-refractivity contribution >= 4 is 11.7 Å². The molecule has 1 atom stereocenters. The molecule has 1 unspecified atom stereocenters. The Bertz CT molecular complexity index is 584. The summed E-state index contributed by atoms with van der Waals surface area (Å²) in [6.07, 6.45) is 1.92. The number of β-amino-alcohol motifs (C(OH)–C–C–N with tert-alkyl or cyclic N) is 1. The summed E-state index contributed by atoms with van der Waals surface area (Å²) in [4.78, 5) is 19.3. The fourth-order valence-corrected chi connectivity index (χ4v) is 3.95. The average Bonchev–Trinajstić information content (AvgIpc) is 2.64. The Morgan fingerprint density at radius 3 is 2.46 bits per heavy atom. The van der Waals surface area contributed by atoms with E-state index >= 15 is 0 Å². The van der Waals surface area contributed by atoms with Crippen LogP contribution in [0.15, 0.2) is 24.3 Å². The number of nitrogens with one attached hydrogen (secondary N) is 1. The molecule has 0 aromatic heterocycles. The number of urea groups is 1. The van der Waals surface area contributed by atoms with Crippen LogP contribution in [0.1, 0.15) is 25.3 Å². The van der Waals surface area contributed by atoms with Gasteiger partial charge < -0.3 is 25.1 Å².